The molecule has 0 bridgehead atoms. The molecule has 1 aliphatic rings. The smallest absolute Gasteiger partial charge is 0.229 e. The van der Waals surface area contributed by atoms with Gasteiger partial charge in [0.05, 0.1) is 11.7 Å². The third-order valence-electron chi connectivity index (χ3n) is 5.14. The van der Waals surface area contributed by atoms with Crippen molar-refractivity contribution in [3.63, 3.8) is 0 Å². The van der Waals surface area contributed by atoms with Crippen LogP contribution in [0.1, 0.15) is 36.7 Å². The molecular formula is C22H24ClFN4. The molecule has 2 aromatic carbocycles. The quantitative estimate of drug-likeness (QED) is 0.632. The number of fused-ring (bicyclic) bond motifs is 1. The second-order valence-electron chi connectivity index (χ2n) is 6.82. The number of nitrogens with zero attached hydrogens (tertiary/aromatic N) is 3. The van der Waals surface area contributed by atoms with E-state index in [2.05, 4.69) is 53.3 Å². The van der Waals surface area contributed by atoms with Crippen LogP contribution < -0.4 is 10.2 Å². The number of benzene rings is 2. The first kappa shape index (κ1) is 20.1. The molecule has 3 aromatic rings. The predicted octanol–water partition coefficient (Wildman–Crippen LogP) is 5.47. The fourth-order valence-electron chi connectivity index (χ4n) is 3.64. The van der Waals surface area contributed by atoms with E-state index in [9.17, 15) is 4.39 Å². The Kier molecular flexibility index (Phi) is 6.15. The number of rotatable bonds is 4. The van der Waals surface area contributed by atoms with Gasteiger partial charge in [-0.2, -0.15) is 4.98 Å². The predicted molar refractivity (Wildman–Crippen MR) is 114 cm³/mol. The molecule has 6 heteroatoms. The average molecular weight is 399 g/mol. The van der Waals surface area contributed by atoms with Crippen LogP contribution in [0.4, 0.5) is 21.8 Å². The molecule has 2 heterocycles. The van der Waals surface area contributed by atoms with Crippen molar-refractivity contribution in [1.29, 1.82) is 0 Å². The first-order valence-electron chi connectivity index (χ1n) is 9.39. The summed E-state index contributed by atoms with van der Waals surface area (Å²) in [7, 11) is 0. The zero-order valence-corrected chi connectivity index (χ0v) is 16.8. The number of hydrogen-bond donors (Lipinski definition) is 1. The maximum Gasteiger partial charge on any atom is 0.229 e. The van der Waals surface area contributed by atoms with Crippen molar-refractivity contribution in [2.45, 2.75) is 32.7 Å². The molecule has 1 unspecified atom stereocenters. The number of nitrogens with one attached hydrogen (secondary N) is 1. The maximum absolute atomic E-state index is 14.0. The molecule has 1 aromatic heterocycles. The molecule has 4 nitrogen and oxygen atoms in total. The zero-order valence-electron chi connectivity index (χ0n) is 16.0. The molecule has 0 aliphatic carbocycles. The van der Waals surface area contributed by atoms with Crippen LogP contribution in [0.15, 0.2) is 54.6 Å². The molecule has 0 saturated carbocycles. The number of halogens is 2. The first-order valence-corrected chi connectivity index (χ1v) is 9.39. The molecule has 1 aliphatic heterocycles. The van der Waals surface area contributed by atoms with E-state index in [0.29, 0.717) is 11.6 Å². The van der Waals surface area contributed by atoms with E-state index in [1.165, 1.54) is 17.2 Å². The maximum atomic E-state index is 14.0. The van der Waals surface area contributed by atoms with Crippen molar-refractivity contribution in [1.82, 2.24) is 9.97 Å². The van der Waals surface area contributed by atoms with E-state index in [4.69, 9.17) is 4.98 Å². The Morgan fingerprint density at radius 1 is 1.11 bits per heavy atom. The highest BCUT2D eigenvalue weighted by Crippen LogP contribution is 2.33. The fourth-order valence-corrected chi connectivity index (χ4v) is 3.64. The molecule has 0 spiro atoms. The lowest BCUT2D eigenvalue weighted by Crippen LogP contribution is -2.34. The summed E-state index contributed by atoms with van der Waals surface area (Å²) >= 11 is 0. The minimum absolute atomic E-state index is 0. The number of aromatic nitrogens is 2. The molecular weight excluding hydrogens is 375 g/mol. The summed E-state index contributed by atoms with van der Waals surface area (Å²) in [5.74, 6) is 0.994. The second kappa shape index (κ2) is 8.57. The highest BCUT2D eigenvalue weighted by atomic mass is 35.5. The van der Waals surface area contributed by atoms with Gasteiger partial charge >= 0.3 is 0 Å². The van der Waals surface area contributed by atoms with Gasteiger partial charge in [-0.25, -0.2) is 9.37 Å². The standard InChI is InChI=1S/C22H23FN4.ClH/c1-3-17-14-21(26-22(24-17)25-20-11-7-6-10-19(20)23)27-13-12-16-8-4-5-9-18(16)15(27)2;/h4-11,14-15H,3,12-13H2,1-2H3,(H,24,25,26);1H. The van der Waals surface area contributed by atoms with Gasteiger partial charge in [0, 0.05) is 18.3 Å². The third kappa shape index (κ3) is 3.94. The Bertz CT molecular complexity index is 963. The van der Waals surface area contributed by atoms with E-state index in [-0.39, 0.29) is 24.3 Å². The lowest BCUT2D eigenvalue weighted by atomic mass is 9.93. The van der Waals surface area contributed by atoms with Gasteiger partial charge in [-0.3, -0.25) is 0 Å². The Morgan fingerprint density at radius 3 is 2.64 bits per heavy atom. The van der Waals surface area contributed by atoms with Crippen LogP contribution in [0.5, 0.6) is 0 Å². The third-order valence-corrected chi connectivity index (χ3v) is 5.14. The molecule has 1 atom stereocenters. The molecule has 0 radical (unpaired) electrons. The zero-order chi connectivity index (χ0) is 18.8. The molecule has 0 fully saturated rings. The van der Waals surface area contributed by atoms with E-state index < -0.39 is 0 Å². The summed E-state index contributed by atoms with van der Waals surface area (Å²) in [6.07, 6.45) is 1.78. The summed E-state index contributed by atoms with van der Waals surface area (Å²) in [5.41, 5.74) is 4.05. The van der Waals surface area contributed by atoms with Gasteiger partial charge in [0.2, 0.25) is 5.95 Å². The Balaban J connectivity index is 0.00000225. The van der Waals surface area contributed by atoms with Gasteiger partial charge in [0.15, 0.2) is 0 Å². The summed E-state index contributed by atoms with van der Waals surface area (Å²) < 4.78 is 14.0. The monoisotopic (exact) mass is 398 g/mol. The molecule has 146 valence electrons. The van der Waals surface area contributed by atoms with Crippen molar-refractivity contribution in [2.24, 2.45) is 0 Å². The topological polar surface area (TPSA) is 41.1 Å². The summed E-state index contributed by atoms with van der Waals surface area (Å²) in [6, 6.07) is 17.4. The number of hydrogen-bond acceptors (Lipinski definition) is 4. The molecule has 0 amide bonds. The van der Waals surface area contributed by atoms with Gasteiger partial charge in [-0.15, -0.1) is 12.4 Å². The van der Waals surface area contributed by atoms with E-state index in [1.54, 1.807) is 18.2 Å². The van der Waals surface area contributed by atoms with Gasteiger partial charge in [-0.05, 0) is 43.0 Å². The van der Waals surface area contributed by atoms with Crippen molar-refractivity contribution in [3.05, 3.63) is 77.2 Å². The van der Waals surface area contributed by atoms with E-state index in [0.717, 1.165) is 30.9 Å². The van der Waals surface area contributed by atoms with Crippen LogP contribution in [0.2, 0.25) is 0 Å². The van der Waals surface area contributed by atoms with Crippen LogP contribution in [0.3, 0.4) is 0 Å². The van der Waals surface area contributed by atoms with Crippen LogP contribution in [-0.4, -0.2) is 16.5 Å². The Hall–Kier alpha value is -2.66. The second-order valence-corrected chi connectivity index (χ2v) is 6.82. The summed E-state index contributed by atoms with van der Waals surface area (Å²) in [4.78, 5) is 11.5. The highest BCUT2D eigenvalue weighted by Gasteiger charge is 2.25. The normalized spacial score (nSPS) is 15.5. The van der Waals surface area contributed by atoms with Crippen LogP contribution in [-0.2, 0) is 12.8 Å². The van der Waals surface area contributed by atoms with Crippen LogP contribution in [0.25, 0.3) is 0 Å². The number of anilines is 3. The van der Waals surface area contributed by atoms with E-state index in [1.807, 2.05) is 6.07 Å². The lowest BCUT2D eigenvalue weighted by molar-refractivity contribution is 0.615. The van der Waals surface area contributed by atoms with Gasteiger partial charge in [-0.1, -0.05) is 43.3 Å². The van der Waals surface area contributed by atoms with E-state index >= 15 is 0 Å². The van der Waals surface area contributed by atoms with Crippen molar-refractivity contribution >= 4 is 29.9 Å². The minimum atomic E-state index is -0.315. The Morgan fingerprint density at radius 2 is 1.86 bits per heavy atom. The molecule has 1 N–H and O–H groups in total. The summed E-state index contributed by atoms with van der Waals surface area (Å²) in [6.45, 7) is 5.17. The number of para-hydroxylation sites is 1. The number of aryl methyl sites for hydroxylation is 1. The molecule has 0 saturated heterocycles. The fraction of sp³-hybridized carbons (Fsp3) is 0.273. The molecule has 4 rings (SSSR count). The SMILES string of the molecule is CCc1cc(N2CCc3ccccc3C2C)nc(Nc2ccccc2F)n1.Cl. The average Bonchev–Trinajstić information content (AvgIpc) is 2.70. The van der Waals surface area contributed by atoms with Crippen molar-refractivity contribution in [3.8, 4) is 0 Å². The highest BCUT2D eigenvalue weighted by molar-refractivity contribution is 5.85. The van der Waals surface area contributed by atoms with Crippen molar-refractivity contribution < 1.29 is 4.39 Å². The minimum Gasteiger partial charge on any atom is -0.349 e. The van der Waals surface area contributed by atoms with Crippen molar-refractivity contribution in [2.75, 3.05) is 16.8 Å². The lowest BCUT2D eigenvalue weighted by Gasteiger charge is -2.36. The summed E-state index contributed by atoms with van der Waals surface area (Å²) in [5, 5.41) is 3.04. The Labute approximate surface area is 171 Å². The van der Waals surface area contributed by atoms with Gasteiger partial charge < -0.3 is 10.2 Å². The van der Waals surface area contributed by atoms with Gasteiger partial charge in [0.1, 0.15) is 11.6 Å². The van der Waals surface area contributed by atoms with Crippen LogP contribution >= 0.6 is 12.4 Å². The van der Waals surface area contributed by atoms with Crippen LogP contribution in [0, 0.1) is 5.82 Å². The largest absolute Gasteiger partial charge is 0.349 e. The molecule has 28 heavy (non-hydrogen) atoms. The van der Waals surface area contributed by atoms with Gasteiger partial charge in [0.25, 0.3) is 0 Å². The first-order chi connectivity index (χ1) is 13.2.